The minimum absolute atomic E-state index is 0.00138. The highest BCUT2D eigenvalue weighted by Crippen LogP contribution is 2.21. The summed E-state index contributed by atoms with van der Waals surface area (Å²) in [5, 5.41) is 0. The van der Waals surface area contributed by atoms with Crippen LogP contribution in [0.5, 0.6) is 0 Å². The highest BCUT2D eigenvalue weighted by Gasteiger charge is 2.16. The first-order chi connectivity index (χ1) is 8.09. The van der Waals surface area contributed by atoms with Gasteiger partial charge in [0, 0.05) is 6.20 Å². The molecule has 2 N–H and O–H groups in total. The van der Waals surface area contributed by atoms with E-state index in [1.807, 2.05) is 0 Å². The second-order valence-corrected chi connectivity index (χ2v) is 3.52. The highest BCUT2D eigenvalue weighted by atomic mass is 19.2. The molecule has 0 unspecified atom stereocenters. The van der Waals surface area contributed by atoms with Gasteiger partial charge < -0.3 is 5.73 Å². The molecule has 1 atom stereocenters. The van der Waals surface area contributed by atoms with Crippen LogP contribution in [-0.2, 0) is 0 Å². The summed E-state index contributed by atoms with van der Waals surface area (Å²) in [6, 6.07) is 4.90. The van der Waals surface area contributed by atoms with Crippen LogP contribution in [0, 0.1) is 17.5 Å². The molecule has 0 amide bonds. The Bertz CT molecular complexity index is 543. The lowest BCUT2D eigenvalue weighted by molar-refractivity contribution is 0.505. The Morgan fingerprint density at radius 2 is 1.76 bits per heavy atom. The van der Waals surface area contributed by atoms with Crippen LogP contribution in [0.2, 0.25) is 0 Å². The fourth-order valence-corrected chi connectivity index (χ4v) is 1.49. The zero-order valence-electron chi connectivity index (χ0n) is 8.70. The summed E-state index contributed by atoms with van der Waals surface area (Å²) in [6.45, 7) is 0. The van der Waals surface area contributed by atoms with Crippen molar-refractivity contribution in [2.24, 2.45) is 5.73 Å². The van der Waals surface area contributed by atoms with Crippen molar-refractivity contribution < 1.29 is 13.2 Å². The third kappa shape index (κ3) is 2.29. The average Bonchev–Trinajstić information content (AvgIpc) is 2.32. The van der Waals surface area contributed by atoms with Crippen molar-refractivity contribution in [1.29, 1.82) is 0 Å². The van der Waals surface area contributed by atoms with Gasteiger partial charge in [-0.1, -0.05) is 6.07 Å². The fourth-order valence-electron chi connectivity index (χ4n) is 1.49. The van der Waals surface area contributed by atoms with Crippen molar-refractivity contribution >= 4 is 0 Å². The largest absolute Gasteiger partial charge is 0.319 e. The SMILES string of the molecule is N[C@@H](c1ccc(F)c(F)c1)c1ncccc1F. The highest BCUT2D eigenvalue weighted by molar-refractivity contribution is 5.28. The maximum absolute atomic E-state index is 13.4. The van der Waals surface area contributed by atoms with E-state index in [-0.39, 0.29) is 11.3 Å². The van der Waals surface area contributed by atoms with Gasteiger partial charge in [0.15, 0.2) is 11.6 Å². The van der Waals surface area contributed by atoms with Crippen LogP contribution in [0.25, 0.3) is 0 Å². The zero-order valence-corrected chi connectivity index (χ0v) is 8.70. The van der Waals surface area contributed by atoms with Crippen LogP contribution in [0.3, 0.4) is 0 Å². The normalized spacial score (nSPS) is 12.5. The predicted octanol–water partition coefficient (Wildman–Crippen LogP) is 2.55. The van der Waals surface area contributed by atoms with Crippen LogP contribution in [0.15, 0.2) is 36.5 Å². The van der Waals surface area contributed by atoms with Crippen LogP contribution in [0.1, 0.15) is 17.3 Å². The molecule has 1 aromatic heterocycles. The second kappa shape index (κ2) is 4.55. The molecule has 2 aromatic rings. The molecule has 17 heavy (non-hydrogen) atoms. The van der Waals surface area contributed by atoms with Gasteiger partial charge in [0.2, 0.25) is 0 Å². The van der Waals surface area contributed by atoms with E-state index in [9.17, 15) is 13.2 Å². The number of benzene rings is 1. The fraction of sp³-hybridized carbons (Fsp3) is 0.0833. The molecule has 5 heteroatoms. The van der Waals surface area contributed by atoms with E-state index in [2.05, 4.69) is 4.98 Å². The van der Waals surface area contributed by atoms with Gasteiger partial charge in [0.05, 0.1) is 11.7 Å². The average molecular weight is 238 g/mol. The van der Waals surface area contributed by atoms with E-state index in [0.29, 0.717) is 0 Å². The quantitative estimate of drug-likeness (QED) is 0.873. The number of hydrogen-bond donors (Lipinski definition) is 1. The minimum atomic E-state index is -1.02. The molecule has 0 aliphatic carbocycles. The topological polar surface area (TPSA) is 38.9 Å². The number of nitrogens with two attached hydrogens (primary N) is 1. The Kier molecular flexibility index (Phi) is 3.10. The zero-order chi connectivity index (χ0) is 12.4. The summed E-state index contributed by atoms with van der Waals surface area (Å²) in [4.78, 5) is 3.79. The van der Waals surface area contributed by atoms with Gasteiger partial charge in [-0.3, -0.25) is 4.98 Å². The predicted molar refractivity (Wildman–Crippen MR) is 56.6 cm³/mol. The van der Waals surface area contributed by atoms with Crippen molar-refractivity contribution in [3.63, 3.8) is 0 Å². The van der Waals surface area contributed by atoms with Crippen LogP contribution >= 0.6 is 0 Å². The van der Waals surface area contributed by atoms with Gasteiger partial charge in [-0.15, -0.1) is 0 Å². The molecule has 0 aliphatic rings. The van der Waals surface area contributed by atoms with Crippen LogP contribution in [-0.4, -0.2) is 4.98 Å². The number of hydrogen-bond acceptors (Lipinski definition) is 2. The first-order valence-corrected chi connectivity index (χ1v) is 4.90. The molecule has 0 fully saturated rings. The van der Waals surface area contributed by atoms with E-state index >= 15 is 0 Å². The Hall–Kier alpha value is -1.88. The molecule has 0 spiro atoms. The molecular formula is C12H9F3N2. The van der Waals surface area contributed by atoms with Crippen LogP contribution in [0.4, 0.5) is 13.2 Å². The summed E-state index contributed by atoms with van der Waals surface area (Å²) >= 11 is 0. The first kappa shape index (κ1) is 11.6. The molecule has 2 nitrogen and oxygen atoms in total. The van der Waals surface area contributed by atoms with Gasteiger partial charge in [0.25, 0.3) is 0 Å². The molecule has 0 bridgehead atoms. The minimum Gasteiger partial charge on any atom is -0.319 e. The van der Waals surface area contributed by atoms with E-state index in [1.54, 1.807) is 0 Å². The standard InChI is InChI=1S/C12H9F3N2/c13-8-4-3-7(6-10(8)15)11(16)12-9(14)2-1-5-17-12/h1-6,11H,16H2/t11-/m0/s1. The van der Waals surface area contributed by atoms with Crippen LogP contribution < -0.4 is 5.73 Å². The molecule has 2 rings (SSSR count). The van der Waals surface area contributed by atoms with Crippen molar-refractivity contribution in [3.8, 4) is 0 Å². The number of pyridine rings is 1. The molecule has 0 aliphatic heterocycles. The lowest BCUT2D eigenvalue weighted by Gasteiger charge is -2.12. The smallest absolute Gasteiger partial charge is 0.159 e. The molecule has 0 saturated carbocycles. The van der Waals surface area contributed by atoms with Crippen molar-refractivity contribution in [2.45, 2.75) is 6.04 Å². The third-order valence-electron chi connectivity index (χ3n) is 2.38. The Morgan fingerprint density at radius 3 is 2.41 bits per heavy atom. The van der Waals surface area contributed by atoms with Gasteiger partial charge in [-0.05, 0) is 29.8 Å². The summed E-state index contributed by atoms with van der Waals surface area (Å²) in [7, 11) is 0. The molecule has 0 saturated heterocycles. The van der Waals surface area contributed by atoms with Gasteiger partial charge >= 0.3 is 0 Å². The molecule has 0 radical (unpaired) electrons. The summed E-state index contributed by atoms with van der Waals surface area (Å²) < 4.78 is 39.1. The van der Waals surface area contributed by atoms with E-state index < -0.39 is 23.5 Å². The summed E-state index contributed by atoms with van der Waals surface area (Å²) in [5.74, 6) is -2.57. The van der Waals surface area contributed by atoms with E-state index in [4.69, 9.17) is 5.73 Å². The first-order valence-electron chi connectivity index (χ1n) is 4.90. The van der Waals surface area contributed by atoms with E-state index in [1.165, 1.54) is 24.4 Å². The van der Waals surface area contributed by atoms with Gasteiger partial charge in [-0.25, -0.2) is 13.2 Å². The lowest BCUT2D eigenvalue weighted by Crippen LogP contribution is -2.15. The summed E-state index contributed by atoms with van der Waals surface area (Å²) in [6.07, 6.45) is 1.39. The lowest BCUT2D eigenvalue weighted by atomic mass is 10.0. The van der Waals surface area contributed by atoms with Crippen molar-refractivity contribution in [2.75, 3.05) is 0 Å². The number of halogens is 3. The number of aromatic nitrogens is 1. The van der Waals surface area contributed by atoms with Gasteiger partial charge in [0.1, 0.15) is 5.82 Å². The Morgan fingerprint density at radius 1 is 1.00 bits per heavy atom. The molecule has 1 heterocycles. The molecular weight excluding hydrogens is 229 g/mol. The molecule has 1 aromatic carbocycles. The summed E-state index contributed by atoms with van der Waals surface area (Å²) in [5.41, 5.74) is 6.01. The van der Waals surface area contributed by atoms with Gasteiger partial charge in [-0.2, -0.15) is 0 Å². The Labute approximate surface area is 95.9 Å². The monoisotopic (exact) mass is 238 g/mol. The number of nitrogens with zero attached hydrogens (tertiary/aromatic N) is 1. The Balaban J connectivity index is 2.40. The molecule has 88 valence electrons. The number of rotatable bonds is 2. The third-order valence-corrected chi connectivity index (χ3v) is 2.38. The van der Waals surface area contributed by atoms with Crippen molar-refractivity contribution in [3.05, 3.63) is 65.2 Å². The van der Waals surface area contributed by atoms with E-state index in [0.717, 1.165) is 12.1 Å². The maximum Gasteiger partial charge on any atom is 0.159 e. The maximum atomic E-state index is 13.4. The van der Waals surface area contributed by atoms with Crippen molar-refractivity contribution in [1.82, 2.24) is 4.98 Å². The second-order valence-electron chi connectivity index (χ2n) is 3.52.